The summed E-state index contributed by atoms with van der Waals surface area (Å²) in [5, 5.41) is 11.7. The predicted molar refractivity (Wildman–Crippen MR) is 80.5 cm³/mol. The second-order valence-corrected chi connectivity index (χ2v) is 6.95. The summed E-state index contributed by atoms with van der Waals surface area (Å²) >= 11 is 1.67. The molecule has 0 bridgehead atoms. The third-order valence-corrected chi connectivity index (χ3v) is 5.51. The Morgan fingerprint density at radius 1 is 1.57 bits per heavy atom. The van der Waals surface area contributed by atoms with Crippen LogP contribution in [0.25, 0.3) is 0 Å². The molecule has 2 atom stereocenters. The smallest absolute Gasteiger partial charge is 0.248 e. The zero-order chi connectivity index (χ0) is 15.0. The fourth-order valence-electron chi connectivity index (χ4n) is 2.91. The van der Waals surface area contributed by atoms with Crippen LogP contribution in [-0.2, 0) is 9.59 Å². The summed E-state index contributed by atoms with van der Waals surface area (Å²) in [6, 6.07) is 8.39. The van der Waals surface area contributed by atoms with E-state index in [1.165, 1.54) is 0 Å². The number of fused-ring (bicyclic) bond motifs is 1. The summed E-state index contributed by atoms with van der Waals surface area (Å²) < 4.78 is 0. The molecular weight excluding hydrogens is 286 g/mol. The molecule has 0 aromatic heterocycles. The first-order valence-electron chi connectivity index (χ1n) is 6.81. The molecule has 2 aliphatic heterocycles. The van der Waals surface area contributed by atoms with E-state index >= 15 is 0 Å². The Balaban J connectivity index is 1.77. The molecule has 0 radical (unpaired) electrons. The molecule has 1 N–H and O–H groups in total. The zero-order valence-electron chi connectivity index (χ0n) is 11.6. The van der Waals surface area contributed by atoms with Crippen molar-refractivity contribution in [2.45, 2.75) is 30.7 Å². The molecule has 1 aromatic carbocycles. The number of amides is 2. The van der Waals surface area contributed by atoms with Gasteiger partial charge in [0.25, 0.3) is 0 Å². The van der Waals surface area contributed by atoms with E-state index in [4.69, 9.17) is 5.26 Å². The summed E-state index contributed by atoms with van der Waals surface area (Å²) in [5.41, 5.74) is 1.08. The van der Waals surface area contributed by atoms with Gasteiger partial charge in [-0.1, -0.05) is 6.07 Å². The normalized spacial score (nSPS) is 27.3. The Morgan fingerprint density at radius 3 is 3.14 bits per heavy atom. The zero-order valence-corrected chi connectivity index (χ0v) is 12.4. The maximum absolute atomic E-state index is 12.4. The number of hydrogen-bond donors (Lipinski definition) is 1. The highest BCUT2D eigenvalue weighted by atomic mass is 32.2. The average molecular weight is 301 g/mol. The first-order chi connectivity index (χ1) is 10.0. The highest BCUT2D eigenvalue weighted by Crippen LogP contribution is 2.47. The second kappa shape index (κ2) is 5.08. The Hall–Kier alpha value is -2.00. The monoisotopic (exact) mass is 301 g/mol. The van der Waals surface area contributed by atoms with Crippen molar-refractivity contribution in [2.24, 2.45) is 0 Å². The number of nitrogens with zero attached hydrogens (tertiary/aromatic N) is 2. The van der Waals surface area contributed by atoms with Gasteiger partial charge in [-0.2, -0.15) is 5.26 Å². The van der Waals surface area contributed by atoms with Crippen molar-refractivity contribution in [3.8, 4) is 6.07 Å². The van der Waals surface area contributed by atoms with E-state index in [2.05, 4.69) is 5.32 Å². The highest BCUT2D eigenvalue weighted by Gasteiger charge is 2.52. The first kappa shape index (κ1) is 14.0. The molecular formula is C15H15N3O2S. The number of benzene rings is 1. The van der Waals surface area contributed by atoms with Gasteiger partial charge in [-0.15, -0.1) is 11.8 Å². The standard InChI is InChI=1S/C15H15N3O2S/c1-15-6-5-13(19)18(15)12(9-21-15)14(20)17-11-4-2-3-10(7-11)8-16/h2-4,7,12H,5-6,9H2,1H3,(H,17,20)/t12-,15-/m1/s1. The van der Waals surface area contributed by atoms with Crippen LogP contribution in [0.1, 0.15) is 25.3 Å². The number of carbonyl (C=O) groups excluding carboxylic acids is 2. The van der Waals surface area contributed by atoms with Gasteiger partial charge in [0, 0.05) is 17.9 Å². The number of thioether (sulfide) groups is 1. The molecule has 108 valence electrons. The number of nitrogens with one attached hydrogen (secondary N) is 1. The van der Waals surface area contributed by atoms with Crippen molar-refractivity contribution in [1.82, 2.24) is 4.90 Å². The lowest BCUT2D eigenvalue weighted by atomic mass is 10.2. The molecule has 2 saturated heterocycles. The summed E-state index contributed by atoms with van der Waals surface area (Å²) in [5.74, 6) is 0.483. The molecule has 2 amide bonds. The third kappa shape index (κ3) is 2.38. The SMILES string of the molecule is C[C@@]12CCC(=O)N1[C@@H](C(=O)Nc1cccc(C#N)c1)CS2. The van der Waals surface area contributed by atoms with Gasteiger partial charge in [-0.3, -0.25) is 9.59 Å². The molecule has 6 heteroatoms. The second-order valence-electron chi connectivity index (χ2n) is 5.45. The van der Waals surface area contributed by atoms with Crippen LogP contribution in [0.5, 0.6) is 0 Å². The maximum atomic E-state index is 12.4. The molecule has 0 spiro atoms. The number of carbonyl (C=O) groups is 2. The van der Waals surface area contributed by atoms with Crippen LogP contribution >= 0.6 is 11.8 Å². The van der Waals surface area contributed by atoms with E-state index in [0.29, 0.717) is 23.4 Å². The summed E-state index contributed by atoms with van der Waals surface area (Å²) in [6.45, 7) is 2.02. The van der Waals surface area contributed by atoms with Crippen molar-refractivity contribution in [3.63, 3.8) is 0 Å². The molecule has 2 fully saturated rings. The van der Waals surface area contributed by atoms with E-state index < -0.39 is 6.04 Å². The highest BCUT2D eigenvalue weighted by molar-refractivity contribution is 8.01. The minimum absolute atomic E-state index is 0.0495. The van der Waals surface area contributed by atoms with Gasteiger partial charge < -0.3 is 10.2 Å². The molecule has 2 heterocycles. The molecule has 21 heavy (non-hydrogen) atoms. The largest absolute Gasteiger partial charge is 0.324 e. The Bertz CT molecular complexity index is 655. The summed E-state index contributed by atoms with van der Waals surface area (Å²) in [7, 11) is 0. The van der Waals surface area contributed by atoms with Crippen LogP contribution in [0.3, 0.4) is 0 Å². The Kier molecular flexibility index (Phi) is 3.38. The number of rotatable bonds is 2. The maximum Gasteiger partial charge on any atom is 0.248 e. The van der Waals surface area contributed by atoms with Crippen molar-refractivity contribution < 1.29 is 9.59 Å². The molecule has 0 aliphatic carbocycles. The molecule has 0 unspecified atom stereocenters. The first-order valence-corrected chi connectivity index (χ1v) is 7.79. The average Bonchev–Trinajstić information content (AvgIpc) is 2.96. The molecule has 3 rings (SSSR count). The van der Waals surface area contributed by atoms with Crippen LogP contribution in [0.15, 0.2) is 24.3 Å². The van der Waals surface area contributed by atoms with Gasteiger partial charge >= 0.3 is 0 Å². The predicted octanol–water partition coefficient (Wildman–Crippen LogP) is 1.95. The number of nitriles is 1. The van der Waals surface area contributed by atoms with Crippen LogP contribution in [-0.4, -0.2) is 33.4 Å². The lowest BCUT2D eigenvalue weighted by Gasteiger charge is -2.29. The number of hydrogen-bond acceptors (Lipinski definition) is 4. The van der Waals surface area contributed by atoms with Crippen molar-refractivity contribution in [1.29, 1.82) is 5.26 Å². The summed E-state index contributed by atoms with van der Waals surface area (Å²) in [6.07, 6.45) is 1.31. The lowest BCUT2D eigenvalue weighted by Crippen LogP contribution is -2.48. The molecule has 0 saturated carbocycles. The molecule has 5 nitrogen and oxygen atoms in total. The van der Waals surface area contributed by atoms with Gasteiger partial charge in [0.05, 0.1) is 16.5 Å². The van der Waals surface area contributed by atoms with E-state index in [1.54, 1.807) is 40.9 Å². The van der Waals surface area contributed by atoms with Gasteiger partial charge in [-0.05, 0) is 31.5 Å². The van der Waals surface area contributed by atoms with E-state index in [9.17, 15) is 9.59 Å². The van der Waals surface area contributed by atoms with Gasteiger partial charge in [-0.25, -0.2) is 0 Å². The van der Waals surface area contributed by atoms with Crippen molar-refractivity contribution in [3.05, 3.63) is 29.8 Å². The topological polar surface area (TPSA) is 73.2 Å². The van der Waals surface area contributed by atoms with Crippen molar-refractivity contribution >= 4 is 29.3 Å². The minimum Gasteiger partial charge on any atom is -0.324 e. The van der Waals surface area contributed by atoms with Crippen LogP contribution in [0.2, 0.25) is 0 Å². The fraction of sp³-hybridized carbons (Fsp3) is 0.400. The number of anilines is 1. The van der Waals surface area contributed by atoms with E-state index in [0.717, 1.165) is 6.42 Å². The van der Waals surface area contributed by atoms with Gasteiger partial charge in [0.2, 0.25) is 11.8 Å². The fourth-order valence-corrected chi connectivity index (χ4v) is 4.34. The van der Waals surface area contributed by atoms with E-state index in [-0.39, 0.29) is 16.7 Å². The summed E-state index contributed by atoms with van der Waals surface area (Å²) in [4.78, 5) is 25.9. The Labute approximate surface area is 127 Å². The van der Waals surface area contributed by atoms with Gasteiger partial charge in [0.1, 0.15) is 6.04 Å². The minimum atomic E-state index is -0.430. The van der Waals surface area contributed by atoms with Gasteiger partial charge in [0.15, 0.2) is 0 Å². The Morgan fingerprint density at radius 2 is 2.38 bits per heavy atom. The van der Waals surface area contributed by atoms with E-state index in [1.807, 2.05) is 13.0 Å². The van der Waals surface area contributed by atoms with Crippen LogP contribution < -0.4 is 5.32 Å². The van der Waals surface area contributed by atoms with Crippen LogP contribution in [0.4, 0.5) is 5.69 Å². The van der Waals surface area contributed by atoms with Crippen LogP contribution in [0, 0.1) is 11.3 Å². The third-order valence-electron chi connectivity index (χ3n) is 4.01. The molecule has 1 aromatic rings. The lowest BCUT2D eigenvalue weighted by molar-refractivity contribution is -0.135. The van der Waals surface area contributed by atoms with Crippen molar-refractivity contribution in [2.75, 3.05) is 11.1 Å². The molecule has 2 aliphatic rings. The quantitative estimate of drug-likeness (QED) is 0.906.